The first-order valence-electron chi connectivity index (χ1n) is 6.20. The molecule has 0 bridgehead atoms. The number of rotatable bonds is 4. The summed E-state index contributed by atoms with van der Waals surface area (Å²) in [6.45, 7) is 0.581. The molecule has 2 rings (SSSR count). The summed E-state index contributed by atoms with van der Waals surface area (Å²) in [5, 5.41) is 0. The maximum absolute atomic E-state index is 11.8. The first-order valence-corrected chi connectivity index (χ1v) is 6.20. The lowest BCUT2D eigenvalue weighted by atomic mass is 10.2. The van der Waals surface area contributed by atoms with E-state index in [-0.39, 0.29) is 17.9 Å². The van der Waals surface area contributed by atoms with Crippen molar-refractivity contribution in [2.24, 2.45) is 19.8 Å². The standard InChI is InChI=1S/C14H17N3O3/c1-16-11(7-13(18)17(2)14(16)19)9-20-12-5-3-4-10(6-12)8-15/h3-7H,8-9,15H2,1-2H3. The van der Waals surface area contributed by atoms with E-state index in [1.165, 1.54) is 17.7 Å². The molecule has 2 aromatic rings. The van der Waals surface area contributed by atoms with Crippen LogP contribution in [0.15, 0.2) is 39.9 Å². The molecule has 0 atom stereocenters. The van der Waals surface area contributed by atoms with Gasteiger partial charge in [-0.1, -0.05) is 12.1 Å². The minimum Gasteiger partial charge on any atom is -0.487 e. The predicted molar refractivity (Wildman–Crippen MR) is 75.6 cm³/mol. The number of hydrogen-bond donors (Lipinski definition) is 1. The Bertz CT molecular complexity index is 731. The molecule has 0 aliphatic heterocycles. The van der Waals surface area contributed by atoms with Crippen LogP contribution in [0, 0.1) is 0 Å². The van der Waals surface area contributed by atoms with Crippen LogP contribution < -0.4 is 21.7 Å². The minimum absolute atomic E-state index is 0.149. The van der Waals surface area contributed by atoms with E-state index in [2.05, 4.69) is 0 Å². The van der Waals surface area contributed by atoms with Gasteiger partial charge in [0.05, 0.1) is 5.69 Å². The van der Waals surface area contributed by atoms with Crippen LogP contribution in [0.5, 0.6) is 5.75 Å². The molecule has 1 aromatic carbocycles. The van der Waals surface area contributed by atoms with Gasteiger partial charge in [0, 0.05) is 26.7 Å². The van der Waals surface area contributed by atoms with E-state index in [1.807, 2.05) is 18.2 Å². The van der Waals surface area contributed by atoms with E-state index in [1.54, 1.807) is 13.1 Å². The molecule has 106 valence electrons. The summed E-state index contributed by atoms with van der Waals surface area (Å²) in [6, 6.07) is 8.78. The fraction of sp³-hybridized carbons (Fsp3) is 0.286. The summed E-state index contributed by atoms with van der Waals surface area (Å²) in [6.07, 6.45) is 0. The fourth-order valence-electron chi connectivity index (χ4n) is 1.84. The van der Waals surface area contributed by atoms with Gasteiger partial charge in [-0.2, -0.15) is 0 Å². The lowest BCUT2D eigenvalue weighted by Crippen LogP contribution is -2.38. The minimum atomic E-state index is -0.369. The fourth-order valence-corrected chi connectivity index (χ4v) is 1.84. The van der Waals surface area contributed by atoms with Crippen LogP contribution in [0.1, 0.15) is 11.3 Å². The molecule has 20 heavy (non-hydrogen) atoms. The second kappa shape index (κ2) is 5.75. The van der Waals surface area contributed by atoms with Crippen LogP contribution in [0.25, 0.3) is 0 Å². The van der Waals surface area contributed by atoms with Crippen molar-refractivity contribution < 1.29 is 4.74 Å². The molecule has 2 N–H and O–H groups in total. The number of ether oxygens (including phenoxy) is 1. The largest absolute Gasteiger partial charge is 0.487 e. The van der Waals surface area contributed by atoms with Crippen molar-refractivity contribution in [1.82, 2.24) is 9.13 Å². The van der Waals surface area contributed by atoms with Crippen LogP contribution in [0.3, 0.4) is 0 Å². The third-order valence-electron chi connectivity index (χ3n) is 3.15. The molecular weight excluding hydrogens is 258 g/mol. The second-order valence-electron chi connectivity index (χ2n) is 4.51. The Morgan fingerprint density at radius 2 is 1.90 bits per heavy atom. The molecule has 1 heterocycles. The van der Waals surface area contributed by atoms with E-state index >= 15 is 0 Å². The molecule has 0 fully saturated rings. The van der Waals surface area contributed by atoms with Crippen molar-refractivity contribution >= 4 is 0 Å². The molecule has 0 spiro atoms. The average molecular weight is 275 g/mol. The molecule has 0 radical (unpaired) electrons. The van der Waals surface area contributed by atoms with Crippen LogP contribution in [-0.2, 0) is 27.2 Å². The van der Waals surface area contributed by atoms with E-state index in [0.29, 0.717) is 18.0 Å². The Balaban J connectivity index is 2.23. The van der Waals surface area contributed by atoms with E-state index < -0.39 is 0 Å². The summed E-state index contributed by atoms with van der Waals surface area (Å²) in [4.78, 5) is 23.4. The van der Waals surface area contributed by atoms with Gasteiger partial charge in [-0.25, -0.2) is 4.79 Å². The van der Waals surface area contributed by atoms with Gasteiger partial charge in [-0.3, -0.25) is 13.9 Å². The summed E-state index contributed by atoms with van der Waals surface area (Å²) in [7, 11) is 3.05. The molecular formula is C14H17N3O3. The third kappa shape index (κ3) is 2.80. The van der Waals surface area contributed by atoms with Gasteiger partial charge in [0.2, 0.25) is 0 Å². The number of hydrogen-bond acceptors (Lipinski definition) is 4. The quantitative estimate of drug-likeness (QED) is 0.859. The lowest BCUT2D eigenvalue weighted by Gasteiger charge is -2.11. The van der Waals surface area contributed by atoms with Crippen LogP contribution in [0.4, 0.5) is 0 Å². The Morgan fingerprint density at radius 3 is 2.60 bits per heavy atom. The predicted octanol–water partition coefficient (Wildman–Crippen LogP) is 0.122. The molecule has 0 unspecified atom stereocenters. The number of benzene rings is 1. The zero-order chi connectivity index (χ0) is 14.7. The first kappa shape index (κ1) is 14.1. The van der Waals surface area contributed by atoms with Gasteiger partial charge in [0.15, 0.2) is 0 Å². The molecule has 6 heteroatoms. The van der Waals surface area contributed by atoms with Gasteiger partial charge in [-0.15, -0.1) is 0 Å². The smallest absolute Gasteiger partial charge is 0.330 e. The van der Waals surface area contributed by atoms with Crippen molar-refractivity contribution in [2.75, 3.05) is 0 Å². The van der Waals surface area contributed by atoms with Crippen molar-refractivity contribution in [3.8, 4) is 5.75 Å². The Morgan fingerprint density at radius 1 is 1.15 bits per heavy atom. The van der Waals surface area contributed by atoms with Crippen molar-refractivity contribution in [3.63, 3.8) is 0 Å². The number of nitrogens with two attached hydrogens (primary N) is 1. The third-order valence-corrected chi connectivity index (χ3v) is 3.15. The number of aromatic nitrogens is 2. The molecule has 1 aromatic heterocycles. The Hall–Kier alpha value is -2.34. The van der Waals surface area contributed by atoms with Crippen molar-refractivity contribution in [2.45, 2.75) is 13.2 Å². The second-order valence-corrected chi connectivity index (χ2v) is 4.51. The average Bonchev–Trinajstić information content (AvgIpc) is 2.47. The first-order chi connectivity index (χ1) is 9.52. The highest BCUT2D eigenvalue weighted by molar-refractivity contribution is 5.28. The summed E-state index contributed by atoms with van der Waals surface area (Å²) in [5.41, 5.74) is 6.33. The normalized spacial score (nSPS) is 10.6. The van der Waals surface area contributed by atoms with E-state index in [0.717, 1.165) is 10.1 Å². The molecule has 0 saturated heterocycles. The SMILES string of the molecule is Cn1c(COc2cccc(CN)c2)cc(=O)n(C)c1=O. The summed E-state index contributed by atoms with van der Waals surface area (Å²) >= 11 is 0. The maximum Gasteiger partial charge on any atom is 0.330 e. The maximum atomic E-state index is 11.8. The summed E-state index contributed by atoms with van der Waals surface area (Å²) < 4.78 is 8.05. The van der Waals surface area contributed by atoms with Gasteiger partial charge in [0.25, 0.3) is 5.56 Å². The lowest BCUT2D eigenvalue weighted by molar-refractivity contribution is 0.293. The van der Waals surface area contributed by atoms with Gasteiger partial charge in [0.1, 0.15) is 12.4 Å². The monoisotopic (exact) mass is 275 g/mol. The molecule has 0 aliphatic rings. The molecule has 0 aliphatic carbocycles. The zero-order valence-corrected chi connectivity index (χ0v) is 11.5. The van der Waals surface area contributed by atoms with Crippen LogP contribution >= 0.6 is 0 Å². The number of nitrogens with zero attached hydrogens (tertiary/aromatic N) is 2. The van der Waals surface area contributed by atoms with Gasteiger partial charge < -0.3 is 10.5 Å². The molecule has 0 saturated carbocycles. The van der Waals surface area contributed by atoms with E-state index in [4.69, 9.17) is 10.5 Å². The van der Waals surface area contributed by atoms with Crippen molar-refractivity contribution in [1.29, 1.82) is 0 Å². The topological polar surface area (TPSA) is 79.2 Å². The van der Waals surface area contributed by atoms with Crippen molar-refractivity contribution in [3.05, 3.63) is 62.4 Å². The zero-order valence-electron chi connectivity index (χ0n) is 11.5. The summed E-state index contributed by atoms with van der Waals surface area (Å²) in [5.74, 6) is 0.654. The van der Waals surface area contributed by atoms with Crippen LogP contribution in [-0.4, -0.2) is 9.13 Å². The Labute approximate surface area is 116 Å². The highest BCUT2D eigenvalue weighted by Crippen LogP contribution is 2.14. The Kier molecular flexibility index (Phi) is 4.05. The van der Waals surface area contributed by atoms with Gasteiger partial charge in [-0.05, 0) is 17.7 Å². The van der Waals surface area contributed by atoms with Gasteiger partial charge >= 0.3 is 5.69 Å². The highest BCUT2D eigenvalue weighted by atomic mass is 16.5. The molecule has 0 amide bonds. The van der Waals surface area contributed by atoms with E-state index in [9.17, 15) is 9.59 Å². The van der Waals surface area contributed by atoms with Crippen LogP contribution in [0.2, 0.25) is 0 Å². The highest BCUT2D eigenvalue weighted by Gasteiger charge is 2.06. The molecule has 6 nitrogen and oxygen atoms in total.